The van der Waals surface area contributed by atoms with Crippen LogP contribution in [0.5, 0.6) is 0 Å². The zero-order valence-electron chi connectivity index (χ0n) is 11.0. The van der Waals surface area contributed by atoms with Crippen molar-refractivity contribution >= 4 is 21.7 Å². The fourth-order valence-corrected chi connectivity index (χ4v) is 2.32. The minimum absolute atomic E-state index is 0.270. The van der Waals surface area contributed by atoms with E-state index >= 15 is 0 Å². The van der Waals surface area contributed by atoms with Gasteiger partial charge in [0.25, 0.3) is 0 Å². The summed E-state index contributed by atoms with van der Waals surface area (Å²) >= 11 is 3.48. The van der Waals surface area contributed by atoms with Crippen LogP contribution in [0.15, 0.2) is 10.7 Å². The first-order valence-corrected chi connectivity index (χ1v) is 6.90. The van der Waals surface area contributed by atoms with Crippen LogP contribution in [0.2, 0.25) is 0 Å². The van der Waals surface area contributed by atoms with Crippen molar-refractivity contribution in [1.29, 1.82) is 0 Å². The van der Waals surface area contributed by atoms with Gasteiger partial charge in [-0.1, -0.05) is 20.8 Å². The first-order valence-electron chi connectivity index (χ1n) is 6.11. The number of hydrogen-bond donors (Lipinski definition) is 0. The van der Waals surface area contributed by atoms with Gasteiger partial charge in [-0.25, -0.2) is 9.97 Å². The fraction of sp³-hybridized carbons (Fsp3) is 0.692. The van der Waals surface area contributed by atoms with E-state index in [2.05, 4.69) is 58.6 Å². The lowest BCUT2D eigenvalue weighted by Gasteiger charge is -2.27. The van der Waals surface area contributed by atoms with Crippen LogP contribution in [0.3, 0.4) is 0 Å². The SMILES string of the molecule is CN(CC(C)(C)C)c1cc(Br)nc(C2CC2)n1. The summed E-state index contributed by atoms with van der Waals surface area (Å²) in [6.07, 6.45) is 2.47. The molecule has 1 aliphatic carbocycles. The molecule has 0 unspecified atom stereocenters. The van der Waals surface area contributed by atoms with Gasteiger partial charge >= 0.3 is 0 Å². The first kappa shape index (κ1) is 12.8. The van der Waals surface area contributed by atoms with E-state index in [-0.39, 0.29) is 5.41 Å². The van der Waals surface area contributed by atoms with Gasteiger partial charge in [-0.2, -0.15) is 0 Å². The van der Waals surface area contributed by atoms with Crippen LogP contribution < -0.4 is 4.90 Å². The second-order valence-electron chi connectivity index (χ2n) is 6.10. The molecule has 0 N–H and O–H groups in total. The molecule has 3 nitrogen and oxygen atoms in total. The minimum Gasteiger partial charge on any atom is -0.359 e. The van der Waals surface area contributed by atoms with Crippen LogP contribution in [-0.4, -0.2) is 23.6 Å². The molecule has 0 aliphatic heterocycles. The number of rotatable bonds is 3. The lowest BCUT2D eigenvalue weighted by Crippen LogP contribution is -2.30. The third-order valence-electron chi connectivity index (χ3n) is 2.74. The lowest BCUT2D eigenvalue weighted by molar-refractivity contribution is 0.417. The maximum Gasteiger partial charge on any atom is 0.135 e. The Kier molecular flexibility index (Phi) is 3.43. The third kappa shape index (κ3) is 3.66. The molecule has 1 aromatic heterocycles. The number of anilines is 1. The molecule has 94 valence electrons. The number of hydrogen-bond acceptors (Lipinski definition) is 3. The van der Waals surface area contributed by atoms with Crippen molar-refractivity contribution < 1.29 is 0 Å². The Labute approximate surface area is 112 Å². The van der Waals surface area contributed by atoms with Crippen LogP contribution in [0, 0.1) is 5.41 Å². The number of nitrogens with zero attached hydrogens (tertiary/aromatic N) is 3. The van der Waals surface area contributed by atoms with Crippen molar-refractivity contribution in [2.75, 3.05) is 18.5 Å². The van der Waals surface area contributed by atoms with E-state index in [1.165, 1.54) is 12.8 Å². The summed E-state index contributed by atoms with van der Waals surface area (Å²) < 4.78 is 0.894. The van der Waals surface area contributed by atoms with Gasteiger partial charge in [0.2, 0.25) is 0 Å². The molecule has 1 fully saturated rings. The standard InChI is InChI=1S/C13H20BrN3/c1-13(2,3)8-17(4)11-7-10(14)15-12(16-11)9-5-6-9/h7,9H,5-6,8H2,1-4H3. The van der Waals surface area contributed by atoms with Crippen molar-refractivity contribution in [3.63, 3.8) is 0 Å². The summed E-state index contributed by atoms with van der Waals surface area (Å²) in [7, 11) is 2.09. The Morgan fingerprint density at radius 1 is 1.35 bits per heavy atom. The quantitative estimate of drug-likeness (QED) is 0.798. The van der Waals surface area contributed by atoms with Gasteiger partial charge in [-0.05, 0) is 34.2 Å². The minimum atomic E-state index is 0.270. The molecule has 2 rings (SSSR count). The lowest BCUT2D eigenvalue weighted by atomic mass is 9.96. The van der Waals surface area contributed by atoms with Gasteiger partial charge < -0.3 is 4.90 Å². The molecule has 0 bridgehead atoms. The fourth-order valence-electron chi connectivity index (χ4n) is 1.94. The topological polar surface area (TPSA) is 29.0 Å². The van der Waals surface area contributed by atoms with Crippen molar-refractivity contribution in [2.45, 2.75) is 39.5 Å². The maximum absolute atomic E-state index is 4.66. The second kappa shape index (κ2) is 4.56. The second-order valence-corrected chi connectivity index (χ2v) is 6.91. The Hall–Kier alpha value is -0.640. The predicted molar refractivity (Wildman–Crippen MR) is 74.4 cm³/mol. The summed E-state index contributed by atoms with van der Waals surface area (Å²) in [6.45, 7) is 7.70. The Bertz CT molecular complexity index is 408. The van der Waals surface area contributed by atoms with Crippen LogP contribution in [-0.2, 0) is 0 Å². The maximum atomic E-state index is 4.66. The van der Waals surface area contributed by atoms with E-state index in [0.717, 1.165) is 22.8 Å². The van der Waals surface area contributed by atoms with E-state index in [0.29, 0.717) is 5.92 Å². The molecule has 17 heavy (non-hydrogen) atoms. The molecule has 0 spiro atoms. The molecule has 0 aromatic carbocycles. The van der Waals surface area contributed by atoms with E-state index in [1.807, 2.05) is 6.07 Å². The molecule has 1 heterocycles. The predicted octanol–water partition coefficient (Wildman–Crippen LogP) is 3.60. The van der Waals surface area contributed by atoms with Crippen molar-refractivity contribution in [3.8, 4) is 0 Å². The van der Waals surface area contributed by atoms with Gasteiger partial charge in [0, 0.05) is 25.6 Å². The van der Waals surface area contributed by atoms with Crippen molar-refractivity contribution in [3.05, 3.63) is 16.5 Å². The summed E-state index contributed by atoms with van der Waals surface area (Å²) in [5.74, 6) is 2.60. The van der Waals surface area contributed by atoms with Crippen molar-refractivity contribution in [1.82, 2.24) is 9.97 Å². The van der Waals surface area contributed by atoms with Crippen LogP contribution in [0.25, 0.3) is 0 Å². The average molecular weight is 298 g/mol. The largest absolute Gasteiger partial charge is 0.359 e. The molecular weight excluding hydrogens is 278 g/mol. The highest BCUT2D eigenvalue weighted by Crippen LogP contribution is 2.39. The summed E-state index contributed by atoms with van der Waals surface area (Å²) in [6, 6.07) is 2.00. The highest BCUT2D eigenvalue weighted by molar-refractivity contribution is 9.10. The molecule has 4 heteroatoms. The highest BCUT2D eigenvalue weighted by Gasteiger charge is 2.27. The molecule has 0 amide bonds. The van der Waals surface area contributed by atoms with Crippen LogP contribution in [0.4, 0.5) is 5.82 Å². The normalized spacial score (nSPS) is 16.1. The zero-order chi connectivity index (χ0) is 12.6. The molecule has 1 aromatic rings. The summed E-state index contributed by atoms with van der Waals surface area (Å²) in [5, 5.41) is 0. The van der Waals surface area contributed by atoms with E-state index in [9.17, 15) is 0 Å². The van der Waals surface area contributed by atoms with Crippen molar-refractivity contribution in [2.24, 2.45) is 5.41 Å². The summed E-state index contributed by atoms with van der Waals surface area (Å²) in [4.78, 5) is 11.3. The van der Waals surface area contributed by atoms with Gasteiger partial charge in [0.15, 0.2) is 0 Å². The Morgan fingerprint density at radius 3 is 2.53 bits per heavy atom. The third-order valence-corrected chi connectivity index (χ3v) is 3.15. The molecule has 1 saturated carbocycles. The van der Waals surface area contributed by atoms with Crippen LogP contribution in [0.1, 0.15) is 45.4 Å². The highest BCUT2D eigenvalue weighted by atomic mass is 79.9. The number of halogens is 1. The van der Waals surface area contributed by atoms with E-state index in [4.69, 9.17) is 0 Å². The summed E-state index contributed by atoms with van der Waals surface area (Å²) in [5.41, 5.74) is 0.270. The smallest absolute Gasteiger partial charge is 0.135 e. The van der Waals surface area contributed by atoms with Crippen LogP contribution >= 0.6 is 15.9 Å². The molecule has 0 atom stereocenters. The first-order chi connectivity index (χ1) is 7.85. The van der Waals surface area contributed by atoms with Gasteiger partial charge in [0.05, 0.1) is 0 Å². The van der Waals surface area contributed by atoms with Gasteiger partial charge in [-0.3, -0.25) is 0 Å². The molecular formula is C13H20BrN3. The molecule has 1 aliphatic rings. The zero-order valence-corrected chi connectivity index (χ0v) is 12.6. The van der Waals surface area contributed by atoms with E-state index < -0.39 is 0 Å². The molecule has 0 saturated heterocycles. The monoisotopic (exact) mass is 297 g/mol. The number of aromatic nitrogens is 2. The molecule has 0 radical (unpaired) electrons. The Balaban J connectivity index is 2.19. The van der Waals surface area contributed by atoms with Gasteiger partial charge in [0.1, 0.15) is 16.2 Å². The van der Waals surface area contributed by atoms with Gasteiger partial charge in [-0.15, -0.1) is 0 Å². The average Bonchev–Trinajstić information content (AvgIpc) is 2.96. The van der Waals surface area contributed by atoms with E-state index in [1.54, 1.807) is 0 Å². The Morgan fingerprint density at radius 2 is 2.00 bits per heavy atom.